The molecule has 0 aliphatic carbocycles. The molecule has 2 N–H and O–H groups in total. The summed E-state index contributed by atoms with van der Waals surface area (Å²) < 4.78 is 5.80. The molecule has 0 fully saturated rings. The van der Waals surface area contributed by atoms with Gasteiger partial charge in [0.05, 0.1) is 24.6 Å². The van der Waals surface area contributed by atoms with E-state index < -0.39 is 0 Å². The number of benzene rings is 1. The molecular weight excluding hydrogens is 418 g/mol. The van der Waals surface area contributed by atoms with Gasteiger partial charge in [-0.05, 0) is 30.4 Å². The van der Waals surface area contributed by atoms with E-state index in [1.54, 1.807) is 16.7 Å². The summed E-state index contributed by atoms with van der Waals surface area (Å²) in [6, 6.07) is 13.9. The fourth-order valence-electron chi connectivity index (χ4n) is 2.79. The Bertz CT molecular complexity index is 926. The molecule has 2 amide bonds. The van der Waals surface area contributed by atoms with Crippen molar-refractivity contribution in [1.29, 1.82) is 0 Å². The van der Waals surface area contributed by atoms with Crippen LogP contribution < -0.4 is 10.6 Å². The predicted molar refractivity (Wildman–Crippen MR) is 121 cm³/mol. The Hall–Kier alpha value is -2.55. The summed E-state index contributed by atoms with van der Waals surface area (Å²) in [5.74, 6) is -0.194. The Morgan fingerprint density at radius 3 is 2.67 bits per heavy atom. The van der Waals surface area contributed by atoms with E-state index in [9.17, 15) is 9.59 Å². The minimum absolute atomic E-state index is 0.0327. The standard InChI is InChI=1S/C22H25N3O3S2/c1-16(17-7-3-2-4-8-17)28-11-6-10-23-20(26)13-18-15-30-22(24-18)25-21(27)14-19-9-5-12-29-19/h2-5,7-9,12,15-16H,6,10-11,13-14H2,1H3,(H,23,26)(H,24,25,27). The number of hydrogen-bond donors (Lipinski definition) is 2. The van der Waals surface area contributed by atoms with Crippen molar-refractivity contribution < 1.29 is 14.3 Å². The van der Waals surface area contributed by atoms with Crippen LogP contribution in [0, 0.1) is 0 Å². The van der Waals surface area contributed by atoms with E-state index in [0.29, 0.717) is 30.4 Å². The molecule has 8 heteroatoms. The average Bonchev–Trinajstić information content (AvgIpc) is 3.40. The molecule has 3 rings (SSSR count). The Morgan fingerprint density at radius 2 is 1.90 bits per heavy atom. The third-order valence-corrected chi connectivity index (χ3v) is 6.02. The average molecular weight is 444 g/mol. The van der Waals surface area contributed by atoms with Crippen LogP contribution >= 0.6 is 22.7 Å². The van der Waals surface area contributed by atoms with E-state index in [1.807, 2.05) is 54.8 Å². The van der Waals surface area contributed by atoms with Crippen LogP contribution in [0.1, 0.15) is 35.6 Å². The molecule has 0 saturated heterocycles. The molecule has 0 saturated carbocycles. The molecule has 1 unspecified atom stereocenters. The van der Waals surface area contributed by atoms with Crippen LogP contribution in [0.3, 0.4) is 0 Å². The topological polar surface area (TPSA) is 80.3 Å². The quantitative estimate of drug-likeness (QED) is 0.435. The number of nitrogens with zero attached hydrogens (tertiary/aromatic N) is 1. The number of thiophene rings is 1. The summed E-state index contributed by atoms with van der Waals surface area (Å²) in [4.78, 5) is 29.5. The Labute approximate surface area is 184 Å². The second-order valence-corrected chi connectivity index (χ2v) is 8.64. The second-order valence-electron chi connectivity index (χ2n) is 6.75. The van der Waals surface area contributed by atoms with Gasteiger partial charge < -0.3 is 15.4 Å². The Morgan fingerprint density at radius 1 is 1.07 bits per heavy atom. The normalized spacial score (nSPS) is 11.8. The molecule has 3 aromatic rings. The van der Waals surface area contributed by atoms with E-state index in [4.69, 9.17) is 4.74 Å². The third-order valence-electron chi connectivity index (χ3n) is 4.33. The first-order valence-electron chi connectivity index (χ1n) is 9.80. The lowest BCUT2D eigenvalue weighted by Gasteiger charge is -2.13. The number of thiazole rings is 1. The zero-order chi connectivity index (χ0) is 21.2. The van der Waals surface area contributed by atoms with Crippen molar-refractivity contribution in [2.45, 2.75) is 32.3 Å². The first kappa shape index (κ1) is 22.1. The van der Waals surface area contributed by atoms with Gasteiger partial charge in [-0.2, -0.15) is 0 Å². The van der Waals surface area contributed by atoms with Crippen molar-refractivity contribution in [3.8, 4) is 0 Å². The molecule has 0 radical (unpaired) electrons. The minimum Gasteiger partial charge on any atom is -0.374 e. The highest BCUT2D eigenvalue weighted by atomic mass is 32.1. The van der Waals surface area contributed by atoms with Gasteiger partial charge in [0.2, 0.25) is 11.8 Å². The van der Waals surface area contributed by atoms with Crippen LogP contribution in [0.4, 0.5) is 5.13 Å². The van der Waals surface area contributed by atoms with Crippen LogP contribution in [-0.2, 0) is 27.2 Å². The van der Waals surface area contributed by atoms with E-state index >= 15 is 0 Å². The number of ether oxygens (including phenoxy) is 1. The van der Waals surface area contributed by atoms with E-state index in [2.05, 4.69) is 15.6 Å². The summed E-state index contributed by atoms with van der Waals surface area (Å²) in [7, 11) is 0. The smallest absolute Gasteiger partial charge is 0.231 e. The number of carbonyl (C=O) groups is 2. The van der Waals surface area contributed by atoms with Gasteiger partial charge >= 0.3 is 0 Å². The Balaban J connectivity index is 1.31. The van der Waals surface area contributed by atoms with Gasteiger partial charge in [-0.15, -0.1) is 22.7 Å². The Kier molecular flexibility index (Phi) is 8.55. The molecule has 1 aromatic carbocycles. The number of aromatic nitrogens is 1. The molecule has 0 bridgehead atoms. The number of hydrogen-bond acceptors (Lipinski definition) is 6. The summed E-state index contributed by atoms with van der Waals surface area (Å²) in [6.45, 7) is 3.15. The zero-order valence-electron chi connectivity index (χ0n) is 16.8. The highest BCUT2D eigenvalue weighted by Crippen LogP contribution is 2.18. The lowest BCUT2D eigenvalue weighted by atomic mass is 10.1. The molecule has 2 heterocycles. The molecule has 0 aliphatic rings. The summed E-state index contributed by atoms with van der Waals surface area (Å²) >= 11 is 2.87. The van der Waals surface area contributed by atoms with Crippen molar-refractivity contribution in [3.63, 3.8) is 0 Å². The molecule has 2 aromatic heterocycles. The summed E-state index contributed by atoms with van der Waals surface area (Å²) in [6.07, 6.45) is 1.30. The van der Waals surface area contributed by atoms with Crippen LogP contribution in [-0.4, -0.2) is 29.9 Å². The van der Waals surface area contributed by atoms with Gasteiger partial charge in [-0.1, -0.05) is 36.4 Å². The van der Waals surface area contributed by atoms with E-state index in [0.717, 1.165) is 16.9 Å². The second kappa shape index (κ2) is 11.6. The van der Waals surface area contributed by atoms with E-state index in [1.165, 1.54) is 11.3 Å². The van der Waals surface area contributed by atoms with Crippen LogP contribution in [0.5, 0.6) is 0 Å². The maximum Gasteiger partial charge on any atom is 0.231 e. The highest BCUT2D eigenvalue weighted by molar-refractivity contribution is 7.14. The molecule has 6 nitrogen and oxygen atoms in total. The monoisotopic (exact) mass is 443 g/mol. The van der Waals surface area contributed by atoms with Crippen LogP contribution in [0.2, 0.25) is 0 Å². The number of amides is 2. The van der Waals surface area contributed by atoms with Gasteiger partial charge in [0.1, 0.15) is 0 Å². The number of carbonyl (C=O) groups excluding carboxylic acids is 2. The first-order valence-corrected chi connectivity index (χ1v) is 11.6. The lowest BCUT2D eigenvalue weighted by Crippen LogP contribution is -2.27. The van der Waals surface area contributed by atoms with Crippen molar-refractivity contribution >= 4 is 39.6 Å². The maximum absolute atomic E-state index is 12.1. The summed E-state index contributed by atoms with van der Waals surface area (Å²) in [5.41, 5.74) is 1.79. The summed E-state index contributed by atoms with van der Waals surface area (Å²) in [5, 5.41) is 9.92. The van der Waals surface area contributed by atoms with Crippen molar-refractivity contribution in [2.75, 3.05) is 18.5 Å². The minimum atomic E-state index is -0.104. The molecule has 1 atom stereocenters. The predicted octanol–water partition coefficient (Wildman–Crippen LogP) is 4.21. The van der Waals surface area contributed by atoms with E-state index in [-0.39, 0.29) is 24.3 Å². The number of anilines is 1. The van der Waals surface area contributed by atoms with Gasteiger partial charge in [0, 0.05) is 23.4 Å². The van der Waals surface area contributed by atoms with Crippen LogP contribution in [0.15, 0.2) is 53.2 Å². The number of rotatable bonds is 11. The van der Waals surface area contributed by atoms with Gasteiger partial charge in [0.25, 0.3) is 0 Å². The zero-order valence-corrected chi connectivity index (χ0v) is 18.4. The molecular formula is C22H25N3O3S2. The van der Waals surface area contributed by atoms with Gasteiger partial charge in [-0.3, -0.25) is 9.59 Å². The van der Waals surface area contributed by atoms with Crippen molar-refractivity contribution in [3.05, 3.63) is 69.4 Å². The third kappa shape index (κ3) is 7.37. The molecule has 0 aliphatic heterocycles. The lowest BCUT2D eigenvalue weighted by molar-refractivity contribution is -0.120. The van der Waals surface area contributed by atoms with Gasteiger partial charge in [0.15, 0.2) is 5.13 Å². The van der Waals surface area contributed by atoms with Crippen molar-refractivity contribution in [2.24, 2.45) is 0 Å². The highest BCUT2D eigenvalue weighted by Gasteiger charge is 2.11. The van der Waals surface area contributed by atoms with Gasteiger partial charge in [-0.25, -0.2) is 4.98 Å². The maximum atomic E-state index is 12.1. The fourth-order valence-corrected chi connectivity index (χ4v) is 4.22. The molecule has 30 heavy (non-hydrogen) atoms. The SMILES string of the molecule is CC(OCCCNC(=O)Cc1csc(NC(=O)Cc2cccs2)n1)c1ccccc1. The van der Waals surface area contributed by atoms with Crippen molar-refractivity contribution in [1.82, 2.24) is 10.3 Å². The van der Waals surface area contributed by atoms with Crippen LogP contribution in [0.25, 0.3) is 0 Å². The largest absolute Gasteiger partial charge is 0.374 e. The molecule has 0 spiro atoms. The molecule has 158 valence electrons. The first-order chi connectivity index (χ1) is 14.6. The number of nitrogens with one attached hydrogen (secondary N) is 2. The fraction of sp³-hybridized carbons (Fsp3) is 0.318.